The highest BCUT2D eigenvalue weighted by atomic mass is 35.5. The van der Waals surface area contributed by atoms with Gasteiger partial charge < -0.3 is 15.7 Å². The number of anilines is 1. The number of sulfonamides is 1. The zero-order valence-electron chi connectivity index (χ0n) is 16.6. The fourth-order valence-corrected chi connectivity index (χ4v) is 3.92. The number of halogens is 1. The second-order valence-electron chi connectivity index (χ2n) is 6.49. The Morgan fingerprint density at radius 3 is 2.19 bits per heavy atom. The largest absolute Gasteiger partial charge is 0.480 e. The molecule has 0 heterocycles. The van der Waals surface area contributed by atoms with Crippen LogP contribution in [0.25, 0.3) is 0 Å². The number of amides is 2. The molecule has 4 N–H and O–H groups in total. The Hall–Kier alpha value is -2.95. The number of hydrogen-bond acceptors (Lipinski definition) is 5. The van der Waals surface area contributed by atoms with Crippen LogP contribution in [-0.4, -0.2) is 43.9 Å². The molecule has 2 rings (SSSR count). The molecule has 0 aliphatic carbocycles. The van der Waals surface area contributed by atoms with Crippen molar-refractivity contribution in [2.45, 2.75) is 30.7 Å². The standard InChI is InChI=1S/C20H22ClN3O6S/c1-2-22-18(25)12-11-17(20(27)28)24-31(29,30)16-9-7-15(8-10-16)23-19(26)13-3-5-14(21)6-4-13/h3-10,17,24H,2,11-12H2,1H3,(H,22,25)(H,23,26)(H,27,28)/t17-/m1/s1. The van der Waals surface area contributed by atoms with Crippen LogP contribution in [0.5, 0.6) is 0 Å². The molecule has 0 aliphatic rings. The molecule has 0 aromatic heterocycles. The fourth-order valence-electron chi connectivity index (χ4n) is 2.57. The van der Waals surface area contributed by atoms with Crippen molar-refractivity contribution in [3.63, 3.8) is 0 Å². The van der Waals surface area contributed by atoms with Gasteiger partial charge in [-0.2, -0.15) is 4.72 Å². The summed E-state index contributed by atoms with van der Waals surface area (Å²) < 4.78 is 27.1. The number of carboxylic acid groups (broad SMARTS) is 1. The Morgan fingerprint density at radius 2 is 1.65 bits per heavy atom. The van der Waals surface area contributed by atoms with Crippen LogP contribution in [0.2, 0.25) is 5.02 Å². The van der Waals surface area contributed by atoms with Crippen LogP contribution >= 0.6 is 11.6 Å². The molecule has 0 unspecified atom stereocenters. The van der Waals surface area contributed by atoms with Crippen molar-refractivity contribution in [1.82, 2.24) is 10.0 Å². The Morgan fingerprint density at radius 1 is 1.03 bits per heavy atom. The van der Waals surface area contributed by atoms with Gasteiger partial charge in [-0.25, -0.2) is 8.42 Å². The van der Waals surface area contributed by atoms with Gasteiger partial charge >= 0.3 is 5.97 Å². The van der Waals surface area contributed by atoms with E-state index in [-0.39, 0.29) is 23.6 Å². The third-order valence-electron chi connectivity index (χ3n) is 4.16. The zero-order chi connectivity index (χ0) is 23.0. The van der Waals surface area contributed by atoms with Crippen molar-refractivity contribution in [1.29, 1.82) is 0 Å². The van der Waals surface area contributed by atoms with E-state index in [1.165, 1.54) is 24.3 Å². The van der Waals surface area contributed by atoms with Crippen molar-refractivity contribution < 1.29 is 27.9 Å². The summed E-state index contributed by atoms with van der Waals surface area (Å²) in [4.78, 5) is 35.0. The lowest BCUT2D eigenvalue weighted by Gasteiger charge is -2.15. The van der Waals surface area contributed by atoms with Crippen LogP contribution in [0.15, 0.2) is 53.4 Å². The highest BCUT2D eigenvalue weighted by molar-refractivity contribution is 7.89. The van der Waals surface area contributed by atoms with Gasteiger partial charge in [-0.15, -0.1) is 0 Å². The molecule has 0 fully saturated rings. The van der Waals surface area contributed by atoms with E-state index in [0.29, 0.717) is 22.8 Å². The van der Waals surface area contributed by atoms with Crippen LogP contribution in [0.4, 0.5) is 5.69 Å². The minimum atomic E-state index is -4.16. The summed E-state index contributed by atoms with van der Waals surface area (Å²) >= 11 is 5.79. The second kappa shape index (κ2) is 10.9. The summed E-state index contributed by atoms with van der Waals surface area (Å²) in [6.07, 6.45) is -0.335. The van der Waals surface area contributed by atoms with Gasteiger partial charge in [0.25, 0.3) is 5.91 Å². The predicted octanol–water partition coefficient (Wildman–Crippen LogP) is 2.24. The summed E-state index contributed by atoms with van der Waals surface area (Å²) in [6, 6.07) is 10.0. The van der Waals surface area contributed by atoms with Gasteiger partial charge in [0.15, 0.2) is 0 Å². The number of carbonyl (C=O) groups excluding carboxylic acids is 2. The first-order valence-electron chi connectivity index (χ1n) is 9.31. The molecular weight excluding hydrogens is 446 g/mol. The zero-order valence-corrected chi connectivity index (χ0v) is 18.2. The van der Waals surface area contributed by atoms with Gasteiger partial charge in [-0.05, 0) is 61.9 Å². The molecule has 2 aromatic carbocycles. The molecule has 0 saturated carbocycles. The molecule has 0 spiro atoms. The van der Waals surface area contributed by atoms with E-state index in [1.54, 1.807) is 31.2 Å². The van der Waals surface area contributed by atoms with Crippen molar-refractivity contribution >= 4 is 45.1 Å². The number of carbonyl (C=O) groups is 3. The Bertz CT molecular complexity index is 1040. The smallest absolute Gasteiger partial charge is 0.321 e. The quantitative estimate of drug-likeness (QED) is 0.422. The highest BCUT2D eigenvalue weighted by Crippen LogP contribution is 2.17. The molecule has 0 bridgehead atoms. The first kappa shape index (κ1) is 24.3. The van der Waals surface area contributed by atoms with Crippen LogP contribution < -0.4 is 15.4 Å². The molecule has 2 aromatic rings. The third kappa shape index (κ3) is 7.35. The number of hydrogen-bond donors (Lipinski definition) is 4. The first-order chi connectivity index (χ1) is 14.6. The first-order valence-corrected chi connectivity index (χ1v) is 11.2. The lowest BCUT2D eigenvalue weighted by molar-refractivity contribution is -0.139. The summed E-state index contributed by atoms with van der Waals surface area (Å²) in [5, 5.41) is 14.9. The molecule has 166 valence electrons. The molecule has 9 nitrogen and oxygen atoms in total. The Kier molecular flexibility index (Phi) is 8.55. The van der Waals surface area contributed by atoms with E-state index in [9.17, 15) is 27.9 Å². The van der Waals surface area contributed by atoms with Gasteiger partial charge in [0.1, 0.15) is 6.04 Å². The van der Waals surface area contributed by atoms with Gasteiger partial charge in [0.2, 0.25) is 15.9 Å². The summed E-state index contributed by atoms with van der Waals surface area (Å²) in [5.41, 5.74) is 0.726. The van der Waals surface area contributed by atoms with E-state index in [4.69, 9.17) is 11.6 Å². The molecule has 0 aliphatic heterocycles. The number of benzene rings is 2. The second-order valence-corrected chi connectivity index (χ2v) is 8.64. The average molecular weight is 468 g/mol. The van der Waals surface area contributed by atoms with E-state index in [2.05, 4.69) is 15.4 Å². The highest BCUT2D eigenvalue weighted by Gasteiger charge is 2.26. The van der Waals surface area contributed by atoms with Crippen LogP contribution in [-0.2, 0) is 19.6 Å². The van der Waals surface area contributed by atoms with Crippen molar-refractivity contribution in [2.24, 2.45) is 0 Å². The van der Waals surface area contributed by atoms with Crippen molar-refractivity contribution in [3.8, 4) is 0 Å². The Labute approximate surface area is 184 Å². The van der Waals surface area contributed by atoms with Crippen molar-refractivity contribution in [2.75, 3.05) is 11.9 Å². The molecule has 1 atom stereocenters. The van der Waals surface area contributed by atoms with E-state index < -0.39 is 27.9 Å². The number of rotatable bonds is 10. The average Bonchev–Trinajstić information content (AvgIpc) is 2.72. The summed E-state index contributed by atoms with van der Waals surface area (Å²) in [7, 11) is -4.16. The van der Waals surface area contributed by atoms with Crippen molar-refractivity contribution in [3.05, 3.63) is 59.1 Å². The lowest BCUT2D eigenvalue weighted by Crippen LogP contribution is -2.41. The van der Waals surface area contributed by atoms with Gasteiger partial charge in [0.05, 0.1) is 4.90 Å². The molecule has 11 heteroatoms. The lowest BCUT2D eigenvalue weighted by atomic mass is 10.1. The summed E-state index contributed by atoms with van der Waals surface area (Å²) in [6.45, 7) is 2.11. The van der Waals surface area contributed by atoms with E-state index in [1.807, 2.05) is 0 Å². The maximum Gasteiger partial charge on any atom is 0.321 e. The fraction of sp³-hybridized carbons (Fsp3) is 0.250. The number of carboxylic acids is 1. The monoisotopic (exact) mass is 467 g/mol. The summed E-state index contributed by atoms with van der Waals surface area (Å²) in [5.74, 6) is -2.16. The number of nitrogens with one attached hydrogen (secondary N) is 3. The van der Waals surface area contributed by atoms with E-state index >= 15 is 0 Å². The minimum Gasteiger partial charge on any atom is -0.480 e. The van der Waals surface area contributed by atoms with Gasteiger partial charge in [0, 0.05) is 29.2 Å². The normalized spacial score (nSPS) is 12.1. The topological polar surface area (TPSA) is 142 Å². The van der Waals surface area contributed by atoms with Crippen LogP contribution in [0.1, 0.15) is 30.1 Å². The molecule has 0 radical (unpaired) electrons. The van der Waals surface area contributed by atoms with Gasteiger partial charge in [-0.1, -0.05) is 11.6 Å². The number of aliphatic carboxylic acids is 1. The minimum absolute atomic E-state index is 0.136. The van der Waals surface area contributed by atoms with Crippen LogP contribution in [0, 0.1) is 0 Å². The Balaban J connectivity index is 2.05. The van der Waals surface area contributed by atoms with Gasteiger partial charge in [-0.3, -0.25) is 14.4 Å². The predicted molar refractivity (Wildman–Crippen MR) is 116 cm³/mol. The molecule has 2 amide bonds. The van der Waals surface area contributed by atoms with Crippen LogP contribution in [0.3, 0.4) is 0 Å². The van der Waals surface area contributed by atoms with E-state index in [0.717, 1.165) is 0 Å². The molecule has 31 heavy (non-hydrogen) atoms. The SMILES string of the molecule is CCNC(=O)CC[C@@H](NS(=O)(=O)c1ccc(NC(=O)c2ccc(Cl)cc2)cc1)C(=O)O. The molecule has 0 saturated heterocycles. The maximum atomic E-state index is 12.5. The maximum absolute atomic E-state index is 12.5. The third-order valence-corrected chi connectivity index (χ3v) is 5.90. The molecular formula is C20H22ClN3O6S.